The Labute approximate surface area is 107 Å². The summed E-state index contributed by atoms with van der Waals surface area (Å²) < 4.78 is 6.29. The monoisotopic (exact) mass is 254 g/mol. The first kappa shape index (κ1) is 13.3. The van der Waals surface area contributed by atoms with Crippen LogP contribution in [0.25, 0.3) is 0 Å². The molecule has 0 N–H and O–H groups in total. The van der Waals surface area contributed by atoms with Crippen molar-refractivity contribution in [3.8, 4) is 0 Å². The summed E-state index contributed by atoms with van der Waals surface area (Å²) in [7, 11) is -1.04. The lowest BCUT2D eigenvalue weighted by molar-refractivity contribution is -0.126. The number of fused-ring (bicyclic) bond motifs is 2. The minimum Gasteiger partial charge on any atom is -0.417 e. The van der Waals surface area contributed by atoms with E-state index in [1.807, 2.05) is 0 Å². The summed E-state index contributed by atoms with van der Waals surface area (Å²) in [5.74, 6) is 1.99. The van der Waals surface area contributed by atoms with E-state index in [1.165, 1.54) is 6.42 Å². The smallest absolute Gasteiger partial charge is 0.171 e. The average Bonchev–Trinajstić information content (AvgIpc) is 2.69. The van der Waals surface area contributed by atoms with Gasteiger partial charge in [-0.05, 0) is 43.2 Å². The van der Waals surface area contributed by atoms with E-state index in [0.717, 1.165) is 12.8 Å². The molecule has 2 rings (SSSR count). The third kappa shape index (κ3) is 2.65. The first-order valence-electron chi connectivity index (χ1n) is 6.97. The van der Waals surface area contributed by atoms with Gasteiger partial charge in [-0.15, -0.1) is 0 Å². The van der Waals surface area contributed by atoms with E-state index in [1.54, 1.807) is 0 Å². The van der Waals surface area contributed by atoms with Crippen LogP contribution in [0.3, 0.4) is 0 Å². The van der Waals surface area contributed by atoms with E-state index in [2.05, 4.69) is 33.9 Å². The Kier molecular flexibility index (Phi) is 3.52. The first-order valence-corrected chi connectivity index (χ1v) is 9.75. The molecule has 0 spiro atoms. The van der Waals surface area contributed by atoms with Crippen molar-refractivity contribution in [2.45, 2.75) is 59.2 Å². The first-order chi connectivity index (χ1) is 7.79. The summed E-state index contributed by atoms with van der Waals surface area (Å²) in [6.45, 7) is 11.2. The fraction of sp³-hybridized carbons (Fsp3) is 0.929. The summed E-state index contributed by atoms with van der Waals surface area (Å²) in [5, 5.41) is 0. The third-order valence-electron chi connectivity index (χ3n) is 4.27. The second-order valence-electron chi connectivity index (χ2n) is 7.25. The van der Waals surface area contributed by atoms with Gasteiger partial charge in [0.2, 0.25) is 0 Å². The van der Waals surface area contributed by atoms with E-state index in [4.69, 9.17) is 4.43 Å². The summed E-state index contributed by atoms with van der Waals surface area (Å²) >= 11 is 0. The maximum Gasteiger partial charge on any atom is 0.171 e. The Bertz CT molecular complexity index is 306. The van der Waals surface area contributed by atoms with Crippen molar-refractivity contribution in [3.05, 3.63) is 0 Å². The van der Waals surface area contributed by atoms with Crippen molar-refractivity contribution in [3.63, 3.8) is 0 Å². The van der Waals surface area contributed by atoms with Crippen LogP contribution in [-0.4, -0.2) is 20.9 Å². The Balaban J connectivity index is 2.14. The molecule has 0 heterocycles. The van der Waals surface area contributed by atoms with E-state index in [9.17, 15) is 4.79 Å². The molecule has 2 aliphatic rings. The Morgan fingerprint density at radius 2 is 1.94 bits per heavy atom. The molecule has 0 amide bonds. The minimum atomic E-state index is -1.04. The summed E-state index contributed by atoms with van der Waals surface area (Å²) in [5.41, 5.74) is 0.159. The number of ketones is 1. The van der Waals surface area contributed by atoms with Gasteiger partial charge >= 0.3 is 0 Å². The highest BCUT2D eigenvalue weighted by molar-refractivity contribution is 6.48. The molecule has 0 radical (unpaired) electrons. The van der Waals surface area contributed by atoms with Gasteiger partial charge in [0.25, 0.3) is 0 Å². The zero-order valence-electron chi connectivity index (χ0n) is 11.8. The molecular weight excluding hydrogens is 228 g/mol. The second-order valence-corrected chi connectivity index (χ2v) is 9.62. The van der Waals surface area contributed by atoms with Crippen LogP contribution in [0.15, 0.2) is 0 Å². The van der Waals surface area contributed by atoms with Crippen molar-refractivity contribution in [1.29, 1.82) is 0 Å². The lowest BCUT2D eigenvalue weighted by atomic mass is 9.74. The van der Waals surface area contributed by atoms with Crippen molar-refractivity contribution >= 4 is 14.8 Å². The number of Topliss-reactive ketones (excluding diaryl/α,β-unsaturated/α-hetero) is 1. The highest BCUT2D eigenvalue weighted by Crippen LogP contribution is 2.51. The van der Waals surface area contributed by atoms with Crippen molar-refractivity contribution in [2.75, 3.05) is 0 Å². The molecule has 2 aliphatic carbocycles. The van der Waals surface area contributed by atoms with Crippen LogP contribution in [0.2, 0.25) is 13.1 Å². The molecule has 0 saturated heterocycles. The molecule has 98 valence electrons. The predicted octanol–water partition coefficient (Wildman–Crippen LogP) is 3.02. The van der Waals surface area contributed by atoms with E-state index < -0.39 is 9.04 Å². The van der Waals surface area contributed by atoms with Crippen LogP contribution in [0.4, 0.5) is 0 Å². The molecule has 0 aromatic heterocycles. The third-order valence-corrected chi connectivity index (χ3v) is 5.11. The van der Waals surface area contributed by atoms with Gasteiger partial charge in [-0.3, -0.25) is 4.79 Å². The average molecular weight is 254 g/mol. The largest absolute Gasteiger partial charge is 0.417 e. The van der Waals surface area contributed by atoms with Gasteiger partial charge in [-0.25, -0.2) is 0 Å². The van der Waals surface area contributed by atoms with Gasteiger partial charge in [0.15, 0.2) is 9.04 Å². The normalized spacial score (nSPS) is 34.7. The molecular formula is C14H26O2Si. The predicted molar refractivity (Wildman–Crippen MR) is 72.5 cm³/mol. The maximum atomic E-state index is 11.9. The molecule has 0 aromatic carbocycles. The highest BCUT2D eigenvalue weighted by Gasteiger charge is 2.50. The second kappa shape index (κ2) is 4.50. The van der Waals surface area contributed by atoms with Crippen LogP contribution in [-0.2, 0) is 9.22 Å². The summed E-state index contributed by atoms with van der Waals surface area (Å²) in [6, 6.07) is 0. The molecule has 3 heteroatoms. The van der Waals surface area contributed by atoms with Gasteiger partial charge in [0.1, 0.15) is 5.78 Å². The van der Waals surface area contributed by atoms with Gasteiger partial charge < -0.3 is 4.43 Å². The molecule has 2 bridgehead atoms. The quantitative estimate of drug-likeness (QED) is 0.724. The van der Waals surface area contributed by atoms with E-state index >= 15 is 0 Å². The Hall–Kier alpha value is -0.153. The zero-order valence-corrected chi connectivity index (χ0v) is 13.0. The molecule has 0 aromatic rings. The minimum absolute atomic E-state index is 0.159. The van der Waals surface area contributed by atoms with Crippen LogP contribution < -0.4 is 0 Å². The molecule has 17 heavy (non-hydrogen) atoms. The number of hydrogen-bond acceptors (Lipinski definition) is 2. The lowest BCUT2D eigenvalue weighted by Gasteiger charge is -2.40. The van der Waals surface area contributed by atoms with E-state index in [-0.39, 0.29) is 11.5 Å². The lowest BCUT2D eigenvalue weighted by Crippen LogP contribution is -2.43. The van der Waals surface area contributed by atoms with Gasteiger partial charge in [0.05, 0.1) is 6.10 Å². The fourth-order valence-electron chi connectivity index (χ4n) is 3.73. The highest BCUT2D eigenvalue weighted by atomic mass is 28.3. The topological polar surface area (TPSA) is 26.3 Å². The molecule has 4 unspecified atom stereocenters. The van der Waals surface area contributed by atoms with Gasteiger partial charge in [0, 0.05) is 12.3 Å². The van der Waals surface area contributed by atoms with Crippen molar-refractivity contribution in [1.82, 2.24) is 0 Å². The standard InChI is InChI=1S/C14H26O2Si/c1-14(2,3)13(16-17(4)5)11-7-9-6-10(11)12(15)8-9/h9-11,13,17H,6-8H2,1-5H3. The number of carbonyl (C=O) groups excluding carboxylic acids is 1. The summed E-state index contributed by atoms with van der Waals surface area (Å²) in [4.78, 5) is 11.9. The Morgan fingerprint density at radius 3 is 2.35 bits per heavy atom. The Morgan fingerprint density at radius 1 is 1.29 bits per heavy atom. The number of carbonyl (C=O) groups is 1. The molecule has 4 atom stereocenters. The molecule has 2 fully saturated rings. The van der Waals surface area contributed by atoms with Crippen molar-refractivity contribution in [2.24, 2.45) is 23.2 Å². The van der Waals surface area contributed by atoms with Crippen LogP contribution in [0, 0.1) is 23.2 Å². The van der Waals surface area contributed by atoms with Gasteiger partial charge in [-0.1, -0.05) is 20.8 Å². The van der Waals surface area contributed by atoms with Crippen LogP contribution in [0.5, 0.6) is 0 Å². The van der Waals surface area contributed by atoms with E-state index in [0.29, 0.717) is 23.5 Å². The number of hydrogen-bond donors (Lipinski definition) is 0. The molecule has 2 saturated carbocycles. The zero-order chi connectivity index (χ0) is 12.8. The number of rotatable bonds is 3. The molecule has 0 aliphatic heterocycles. The van der Waals surface area contributed by atoms with Crippen LogP contribution >= 0.6 is 0 Å². The van der Waals surface area contributed by atoms with Crippen molar-refractivity contribution < 1.29 is 9.22 Å². The SMILES string of the molecule is C[SiH](C)OC(C1CC2CC(=O)C1C2)C(C)(C)C. The summed E-state index contributed by atoms with van der Waals surface area (Å²) in [6.07, 6.45) is 3.49. The van der Waals surface area contributed by atoms with Gasteiger partial charge in [-0.2, -0.15) is 0 Å². The maximum absolute atomic E-state index is 11.9. The van der Waals surface area contributed by atoms with Crippen LogP contribution in [0.1, 0.15) is 40.0 Å². The fourth-order valence-corrected chi connectivity index (χ4v) is 4.92. The molecule has 2 nitrogen and oxygen atoms in total.